The zero-order chi connectivity index (χ0) is 21.9. The molecule has 2 aromatic rings. The van der Waals surface area contributed by atoms with E-state index >= 15 is 0 Å². The van der Waals surface area contributed by atoms with Gasteiger partial charge in [-0.25, -0.2) is 8.42 Å². The number of nitrogens with one attached hydrogen (secondary N) is 2. The summed E-state index contributed by atoms with van der Waals surface area (Å²) in [5, 5.41) is 5.13. The fourth-order valence-electron chi connectivity index (χ4n) is 2.86. The second kappa shape index (κ2) is 8.97. The minimum atomic E-state index is -3.70. The summed E-state index contributed by atoms with van der Waals surface area (Å²) >= 11 is 1.37. The van der Waals surface area contributed by atoms with Gasteiger partial charge in [0.15, 0.2) is 21.3 Å². The molecule has 0 unspecified atom stereocenters. The van der Waals surface area contributed by atoms with Gasteiger partial charge in [0.2, 0.25) is 11.8 Å². The van der Waals surface area contributed by atoms with E-state index in [4.69, 9.17) is 9.47 Å². The normalized spacial score (nSPS) is 15.7. The van der Waals surface area contributed by atoms with Gasteiger partial charge in [0.25, 0.3) is 0 Å². The highest BCUT2D eigenvalue weighted by molar-refractivity contribution is 8.01. The van der Waals surface area contributed by atoms with Gasteiger partial charge in [0.05, 0.1) is 35.8 Å². The van der Waals surface area contributed by atoms with E-state index in [9.17, 15) is 18.0 Å². The van der Waals surface area contributed by atoms with Crippen LogP contribution in [0.5, 0.6) is 11.5 Å². The molecule has 8 nitrogen and oxygen atoms in total. The van der Waals surface area contributed by atoms with Crippen molar-refractivity contribution in [3.05, 3.63) is 36.4 Å². The van der Waals surface area contributed by atoms with Crippen LogP contribution in [-0.2, 0) is 19.4 Å². The van der Waals surface area contributed by atoms with Crippen LogP contribution in [0.25, 0.3) is 0 Å². The quantitative estimate of drug-likeness (QED) is 0.667. The smallest absolute Gasteiger partial charge is 0.237 e. The molecule has 2 amide bonds. The van der Waals surface area contributed by atoms with Crippen molar-refractivity contribution in [2.75, 3.05) is 30.6 Å². The van der Waals surface area contributed by atoms with Crippen molar-refractivity contribution in [3.8, 4) is 11.5 Å². The summed E-state index contributed by atoms with van der Waals surface area (Å²) in [6.07, 6.45) is -0.216. The Balaban J connectivity index is 1.66. The van der Waals surface area contributed by atoms with Gasteiger partial charge in [-0.1, -0.05) is 0 Å². The molecular weight excluding hydrogens is 428 g/mol. The minimum Gasteiger partial charge on any atom is -0.493 e. The second-order valence-corrected chi connectivity index (χ2v) is 10.1. The van der Waals surface area contributed by atoms with Gasteiger partial charge in [0, 0.05) is 23.1 Å². The Morgan fingerprint density at radius 3 is 2.57 bits per heavy atom. The van der Waals surface area contributed by atoms with E-state index in [2.05, 4.69) is 10.6 Å². The fraction of sp³-hybridized carbons (Fsp3) is 0.300. The Morgan fingerprint density at radius 2 is 1.87 bits per heavy atom. The third-order valence-corrected chi connectivity index (χ3v) is 7.40. The van der Waals surface area contributed by atoms with Crippen LogP contribution < -0.4 is 20.1 Å². The molecular formula is C20H22N2O6S2. The molecule has 1 aliphatic heterocycles. The predicted octanol–water partition coefficient (Wildman–Crippen LogP) is 2.94. The van der Waals surface area contributed by atoms with E-state index < -0.39 is 15.7 Å². The molecule has 0 aromatic heterocycles. The summed E-state index contributed by atoms with van der Waals surface area (Å²) in [6.45, 7) is 1.78. The molecule has 2 aromatic carbocycles. The molecule has 0 bridgehead atoms. The fourth-order valence-corrected chi connectivity index (χ4v) is 5.06. The number of fused-ring (bicyclic) bond motifs is 1. The zero-order valence-electron chi connectivity index (χ0n) is 16.7. The van der Waals surface area contributed by atoms with Crippen molar-refractivity contribution < 1.29 is 27.5 Å². The predicted molar refractivity (Wildman–Crippen MR) is 115 cm³/mol. The van der Waals surface area contributed by atoms with Crippen molar-refractivity contribution in [3.63, 3.8) is 0 Å². The molecule has 0 fully saturated rings. The summed E-state index contributed by atoms with van der Waals surface area (Å²) in [6, 6.07) is 9.48. The van der Waals surface area contributed by atoms with Crippen LogP contribution in [0.15, 0.2) is 46.2 Å². The molecule has 1 atom stereocenters. The standard InChI is InChI=1S/C20H22N2O6S2/c1-12-20(24)22-15-11-14(5-7-18(15)29-12)30(25,26)9-8-19(23)21-13-4-6-16(27-2)17(10-13)28-3/h4-7,10-12H,8-9H2,1-3H3,(H,21,23)(H,22,24)/t12-/m0/s1. The number of ether oxygens (including phenoxy) is 2. The lowest BCUT2D eigenvalue weighted by molar-refractivity contribution is -0.116. The number of methoxy groups -OCH3 is 2. The van der Waals surface area contributed by atoms with Gasteiger partial charge in [-0.2, -0.15) is 0 Å². The van der Waals surface area contributed by atoms with Crippen LogP contribution >= 0.6 is 11.8 Å². The van der Waals surface area contributed by atoms with E-state index in [1.807, 2.05) is 0 Å². The summed E-state index contributed by atoms with van der Waals surface area (Å²) < 4.78 is 35.7. The monoisotopic (exact) mass is 450 g/mol. The SMILES string of the molecule is COc1ccc(NC(=O)CCS(=O)(=O)c2ccc3c(c2)NC(=O)[C@H](C)S3)cc1OC. The van der Waals surface area contributed by atoms with Gasteiger partial charge < -0.3 is 20.1 Å². The van der Waals surface area contributed by atoms with E-state index in [0.29, 0.717) is 22.9 Å². The van der Waals surface area contributed by atoms with Crippen molar-refractivity contribution in [1.29, 1.82) is 0 Å². The average molecular weight is 451 g/mol. The lowest BCUT2D eigenvalue weighted by Crippen LogP contribution is -2.26. The van der Waals surface area contributed by atoms with Crippen LogP contribution in [0, 0.1) is 0 Å². The summed E-state index contributed by atoms with van der Waals surface area (Å²) in [4.78, 5) is 25.0. The Hall–Kier alpha value is -2.72. The maximum atomic E-state index is 12.7. The van der Waals surface area contributed by atoms with E-state index in [1.54, 1.807) is 31.2 Å². The third kappa shape index (κ3) is 4.88. The second-order valence-electron chi connectivity index (χ2n) is 6.59. The lowest BCUT2D eigenvalue weighted by atomic mass is 10.2. The summed E-state index contributed by atoms with van der Waals surface area (Å²) in [5.41, 5.74) is 0.941. The summed E-state index contributed by atoms with van der Waals surface area (Å²) in [7, 11) is -0.713. The molecule has 0 radical (unpaired) electrons. The maximum absolute atomic E-state index is 12.7. The number of anilines is 2. The Morgan fingerprint density at radius 1 is 1.13 bits per heavy atom. The largest absolute Gasteiger partial charge is 0.493 e. The molecule has 0 spiro atoms. The number of carbonyl (C=O) groups is 2. The maximum Gasteiger partial charge on any atom is 0.237 e. The minimum absolute atomic E-state index is 0.0654. The Labute approximate surface area is 179 Å². The van der Waals surface area contributed by atoms with Crippen molar-refractivity contribution in [2.45, 2.75) is 28.4 Å². The number of benzene rings is 2. The van der Waals surface area contributed by atoms with Crippen LogP contribution in [-0.4, -0.2) is 45.5 Å². The number of amides is 2. The molecule has 160 valence electrons. The Bertz CT molecular complexity index is 1080. The van der Waals surface area contributed by atoms with Crippen LogP contribution in [0.1, 0.15) is 13.3 Å². The van der Waals surface area contributed by atoms with Crippen LogP contribution in [0.4, 0.5) is 11.4 Å². The van der Waals surface area contributed by atoms with Crippen molar-refractivity contribution in [1.82, 2.24) is 0 Å². The first kappa shape index (κ1) is 22.0. The van der Waals surface area contributed by atoms with Crippen LogP contribution in [0.2, 0.25) is 0 Å². The lowest BCUT2D eigenvalue weighted by Gasteiger charge is -2.21. The zero-order valence-corrected chi connectivity index (χ0v) is 18.4. The number of rotatable bonds is 7. The molecule has 0 aliphatic carbocycles. The number of thioether (sulfide) groups is 1. The van der Waals surface area contributed by atoms with Gasteiger partial charge in [-0.05, 0) is 37.3 Å². The first-order chi connectivity index (χ1) is 14.2. The molecule has 10 heteroatoms. The number of sulfone groups is 1. The topological polar surface area (TPSA) is 111 Å². The van der Waals surface area contributed by atoms with E-state index in [0.717, 1.165) is 4.90 Å². The van der Waals surface area contributed by atoms with E-state index in [-0.39, 0.29) is 28.2 Å². The van der Waals surface area contributed by atoms with Gasteiger partial charge in [0.1, 0.15) is 0 Å². The third-order valence-electron chi connectivity index (χ3n) is 4.51. The highest BCUT2D eigenvalue weighted by Gasteiger charge is 2.25. The first-order valence-electron chi connectivity index (χ1n) is 9.09. The highest BCUT2D eigenvalue weighted by atomic mass is 32.2. The highest BCUT2D eigenvalue weighted by Crippen LogP contribution is 2.37. The molecule has 0 saturated carbocycles. The molecule has 3 rings (SSSR count). The molecule has 2 N–H and O–H groups in total. The van der Waals surface area contributed by atoms with Crippen molar-refractivity contribution >= 4 is 44.8 Å². The van der Waals surface area contributed by atoms with Crippen LogP contribution in [0.3, 0.4) is 0 Å². The number of hydrogen-bond acceptors (Lipinski definition) is 7. The average Bonchev–Trinajstić information content (AvgIpc) is 2.72. The number of hydrogen-bond donors (Lipinski definition) is 2. The van der Waals surface area contributed by atoms with E-state index in [1.165, 1.54) is 38.1 Å². The first-order valence-corrected chi connectivity index (χ1v) is 11.6. The summed E-state index contributed by atoms with van der Waals surface area (Å²) in [5.74, 6) is -0.00305. The molecule has 0 saturated heterocycles. The van der Waals surface area contributed by atoms with Gasteiger partial charge >= 0.3 is 0 Å². The molecule has 1 aliphatic rings. The van der Waals surface area contributed by atoms with Crippen molar-refractivity contribution in [2.24, 2.45) is 0 Å². The Kier molecular flexibility index (Phi) is 6.57. The number of carbonyl (C=O) groups excluding carboxylic acids is 2. The van der Waals surface area contributed by atoms with Gasteiger partial charge in [-0.15, -0.1) is 11.8 Å². The van der Waals surface area contributed by atoms with Gasteiger partial charge in [-0.3, -0.25) is 9.59 Å². The molecule has 30 heavy (non-hydrogen) atoms. The molecule has 1 heterocycles.